The Morgan fingerprint density at radius 2 is 1.49 bits per heavy atom. The second-order valence-electron chi connectivity index (χ2n) is 9.02. The number of ketones is 1. The SMILES string of the molecule is CC.CC.CC(C)=O.CC=C(C)C.COc1ccc(CN2Cc3nc(-c4c(F)cccc4F)cc(Cl)c3C2=O)c(OC)c1. The molecule has 0 spiro atoms. The third-order valence-corrected chi connectivity index (χ3v) is 5.84. The molecule has 0 unspecified atom stereocenters. The molecule has 9 heteroatoms. The quantitative estimate of drug-likeness (QED) is 0.266. The van der Waals surface area contributed by atoms with Crippen LogP contribution in [0.15, 0.2) is 54.1 Å². The molecule has 4 rings (SSSR count). The smallest absolute Gasteiger partial charge is 0.257 e. The van der Waals surface area contributed by atoms with Gasteiger partial charge in [-0.1, -0.05) is 57.0 Å². The van der Waals surface area contributed by atoms with Gasteiger partial charge in [0.25, 0.3) is 5.91 Å². The van der Waals surface area contributed by atoms with E-state index in [2.05, 4.69) is 24.9 Å². The molecule has 1 aromatic heterocycles. The molecule has 0 saturated heterocycles. The number of carbonyl (C=O) groups is 2. The minimum absolute atomic E-state index is 0.0472. The molecule has 1 aliphatic heterocycles. The Labute approximate surface area is 260 Å². The number of pyridine rings is 1. The van der Waals surface area contributed by atoms with Gasteiger partial charge in [0.15, 0.2) is 0 Å². The highest BCUT2D eigenvalue weighted by Gasteiger charge is 2.33. The number of rotatable bonds is 5. The molecule has 0 aliphatic carbocycles. The third kappa shape index (κ3) is 11.8. The zero-order valence-electron chi connectivity index (χ0n) is 27.2. The Bertz CT molecular complexity index is 1350. The van der Waals surface area contributed by atoms with Gasteiger partial charge in [-0.3, -0.25) is 4.79 Å². The number of benzene rings is 2. The van der Waals surface area contributed by atoms with Gasteiger partial charge in [0, 0.05) is 11.6 Å². The zero-order valence-corrected chi connectivity index (χ0v) is 28.0. The average molecular weight is 619 g/mol. The standard InChI is InChI=1S/C22H17ClF2N2O3.C5H10.C3H6O.2C2H6/c1-29-13-7-6-12(19(8-13)30-2)10-27-11-18-20(22(27)28)14(23)9-17(26-18)21-15(24)4-3-5-16(21)25;1-4-5(2)3;1-3(2)4;2*1-2/h3-9H,10-11H2,1-2H3;4H,1-3H3;1-2H3;2*1-2H3. The van der Waals surface area contributed by atoms with E-state index in [1.807, 2.05) is 40.7 Å². The van der Waals surface area contributed by atoms with Crippen LogP contribution in [0, 0.1) is 11.6 Å². The average Bonchev–Trinajstić information content (AvgIpc) is 3.30. The lowest BCUT2D eigenvalue weighted by Crippen LogP contribution is -2.23. The molecule has 1 amide bonds. The summed E-state index contributed by atoms with van der Waals surface area (Å²) in [6, 6.07) is 10.2. The monoisotopic (exact) mass is 618 g/mol. The lowest BCUT2D eigenvalue weighted by Gasteiger charge is -2.18. The van der Waals surface area contributed by atoms with E-state index in [0.29, 0.717) is 17.2 Å². The fourth-order valence-corrected chi connectivity index (χ4v) is 3.79. The van der Waals surface area contributed by atoms with Crippen molar-refractivity contribution in [3.05, 3.63) is 87.6 Å². The van der Waals surface area contributed by atoms with Gasteiger partial charge in [-0.15, -0.1) is 0 Å². The summed E-state index contributed by atoms with van der Waals surface area (Å²) in [6.45, 7) is 17.7. The van der Waals surface area contributed by atoms with Gasteiger partial charge in [-0.25, -0.2) is 13.8 Å². The highest BCUT2D eigenvalue weighted by Crippen LogP contribution is 2.35. The topological polar surface area (TPSA) is 68.7 Å². The number of halogens is 3. The number of nitrogens with zero attached hydrogens (tertiary/aromatic N) is 2. The Morgan fingerprint density at radius 1 is 0.953 bits per heavy atom. The van der Waals surface area contributed by atoms with E-state index in [0.717, 1.165) is 17.7 Å². The molecule has 236 valence electrons. The van der Waals surface area contributed by atoms with Crippen molar-refractivity contribution < 1.29 is 27.8 Å². The summed E-state index contributed by atoms with van der Waals surface area (Å²) in [6.07, 6.45) is 2.08. The van der Waals surface area contributed by atoms with Crippen LogP contribution in [0.2, 0.25) is 5.02 Å². The number of Topliss-reactive ketones (excluding diaryl/α,β-unsaturated/α-hetero) is 1. The van der Waals surface area contributed by atoms with Crippen LogP contribution in [0.1, 0.15) is 83.9 Å². The highest BCUT2D eigenvalue weighted by atomic mass is 35.5. The molecule has 0 fully saturated rings. The molecule has 2 heterocycles. The predicted octanol–water partition coefficient (Wildman–Crippen LogP) is 9.47. The van der Waals surface area contributed by atoms with E-state index in [1.165, 1.54) is 38.7 Å². The molecule has 0 bridgehead atoms. The van der Waals surface area contributed by atoms with Crippen LogP contribution in [-0.2, 0) is 17.9 Å². The van der Waals surface area contributed by atoms with Gasteiger partial charge in [0.05, 0.1) is 54.8 Å². The molecule has 43 heavy (non-hydrogen) atoms. The molecule has 1 aliphatic rings. The molecule has 6 nitrogen and oxygen atoms in total. The van der Waals surface area contributed by atoms with Gasteiger partial charge in [0.2, 0.25) is 0 Å². The molecule has 0 saturated carbocycles. The first-order valence-corrected chi connectivity index (χ1v) is 14.5. The van der Waals surface area contributed by atoms with Gasteiger partial charge in [-0.05, 0) is 65.0 Å². The van der Waals surface area contributed by atoms with Crippen LogP contribution >= 0.6 is 11.6 Å². The number of aromatic nitrogens is 1. The first-order chi connectivity index (χ1) is 20.4. The van der Waals surface area contributed by atoms with Crippen molar-refractivity contribution in [2.24, 2.45) is 0 Å². The number of methoxy groups -OCH3 is 2. The van der Waals surface area contributed by atoms with Crippen molar-refractivity contribution in [3.8, 4) is 22.8 Å². The Balaban J connectivity index is 0.00000116. The van der Waals surface area contributed by atoms with Crippen LogP contribution in [0.4, 0.5) is 8.78 Å². The molecule has 2 aromatic carbocycles. The Morgan fingerprint density at radius 3 is 1.95 bits per heavy atom. The summed E-state index contributed by atoms with van der Waals surface area (Å²) in [7, 11) is 3.09. The molecule has 0 N–H and O–H groups in total. The van der Waals surface area contributed by atoms with Gasteiger partial charge in [0.1, 0.15) is 28.9 Å². The van der Waals surface area contributed by atoms with Crippen LogP contribution < -0.4 is 9.47 Å². The summed E-state index contributed by atoms with van der Waals surface area (Å²) < 4.78 is 39.0. The maximum absolute atomic E-state index is 14.2. The van der Waals surface area contributed by atoms with E-state index in [-0.39, 0.29) is 46.6 Å². The van der Waals surface area contributed by atoms with E-state index >= 15 is 0 Å². The number of carbonyl (C=O) groups excluding carboxylic acids is 2. The second kappa shape index (κ2) is 20.2. The summed E-state index contributed by atoms with van der Waals surface area (Å²) >= 11 is 6.32. The van der Waals surface area contributed by atoms with E-state index in [1.54, 1.807) is 24.1 Å². The summed E-state index contributed by atoms with van der Waals surface area (Å²) in [5.74, 6) is -0.426. The number of amides is 1. The summed E-state index contributed by atoms with van der Waals surface area (Å²) in [4.78, 5) is 28.2. The van der Waals surface area contributed by atoms with Crippen molar-refractivity contribution in [1.29, 1.82) is 0 Å². The number of hydrogen-bond donors (Lipinski definition) is 0. The fourth-order valence-electron chi connectivity index (χ4n) is 3.50. The van der Waals surface area contributed by atoms with E-state index in [9.17, 15) is 18.4 Å². The summed E-state index contributed by atoms with van der Waals surface area (Å²) in [5, 5.41) is 0.104. The largest absolute Gasteiger partial charge is 0.497 e. The van der Waals surface area contributed by atoms with Gasteiger partial charge >= 0.3 is 0 Å². The first kappa shape index (κ1) is 39.2. The van der Waals surface area contributed by atoms with Gasteiger partial charge < -0.3 is 19.2 Å². The van der Waals surface area contributed by atoms with Crippen LogP contribution in [0.5, 0.6) is 11.5 Å². The number of ether oxygens (including phenoxy) is 2. The molecule has 3 aromatic rings. The lowest BCUT2D eigenvalue weighted by atomic mass is 10.1. The first-order valence-electron chi connectivity index (χ1n) is 14.1. The Kier molecular flexibility index (Phi) is 18.4. The zero-order chi connectivity index (χ0) is 33.3. The number of allylic oxidation sites excluding steroid dienone is 2. The maximum atomic E-state index is 14.2. The number of fused-ring (bicyclic) bond motifs is 1. The number of hydrogen-bond acceptors (Lipinski definition) is 5. The molecular weight excluding hydrogens is 574 g/mol. The van der Waals surface area contributed by atoms with Crippen molar-refractivity contribution in [2.75, 3.05) is 14.2 Å². The van der Waals surface area contributed by atoms with Crippen molar-refractivity contribution >= 4 is 23.3 Å². The maximum Gasteiger partial charge on any atom is 0.257 e. The molecule has 0 atom stereocenters. The van der Waals surface area contributed by atoms with Crippen molar-refractivity contribution in [2.45, 2.75) is 75.4 Å². The second-order valence-corrected chi connectivity index (χ2v) is 9.43. The van der Waals surface area contributed by atoms with E-state index < -0.39 is 11.6 Å². The third-order valence-electron chi connectivity index (χ3n) is 5.54. The van der Waals surface area contributed by atoms with Crippen LogP contribution in [-0.4, -0.2) is 35.8 Å². The summed E-state index contributed by atoms with van der Waals surface area (Å²) in [5.41, 5.74) is 2.54. The lowest BCUT2D eigenvalue weighted by molar-refractivity contribution is -0.115. The van der Waals surface area contributed by atoms with E-state index in [4.69, 9.17) is 21.1 Å². The fraction of sp³-hybridized carbons (Fsp3) is 0.382. The molecular formula is C34H45ClF2N2O4. The van der Waals surface area contributed by atoms with Crippen LogP contribution in [0.25, 0.3) is 11.3 Å². The normalized spacial score (nSPS) is 10.7. The minimum atomic E-state index is -0.748. The van der Waals surface area contributed by atoms with Crippen LogP contribution in [0.3, 0.4) is 0 Å². The highest BCUT2D eigenvalue weighted by molar-refractivity contribution is 6.34. The predicted molar refractivity (Wildman–Crippen MR) is 172 cm³/mol. The minimum Gasteiger partial charge on any atom is -0.497 e. The van der Waals surface area contributed by atoms with Crippen molar-refractivity contribution in [1.82, 2.24) is 9.88 Å². The van der Waals surface area contributed by atoms with Crippen molar-refractivity contribution in [3.63, 3.8) is 0 Å². The Hall–Kier alpha value is -3.78. The molecule has 0 radical (unpaired) electrons. The van der Waals surface area contributed by atoms with Gasteiger partial charge in [-0.2, -0.15) is 0 Å².